The third-order valence-corrected chi connectivity index (χ3v) is 4.46. The van der Waals surface area contributed by atoms with Crippen LogP contribution in [0.2, 0.25) is 5.02 Å². The van der Waals surface area contributed by atoms with E-state index in [0.29, 0.717) is 16.3 Å². The van der Waals surface area contributed by atoms with Gasteiger partial charge in [0.15, 0.2) is 5.78 Å². The minimum absolute atomic E-state index is 0.0747. The van der Waals surface area contributed by atoms with Gasteiger partial charge in [0.2, 0.25) is 5.91 Å². The van der Waals surface area contributed by atoms with Gasteiger partial charge >= 0.3 is 0 Å². The quantitative estimate of drug-likeness (QED) is 0.795. The van der Waals surface area contributed by atoms with E-state index in [1.165, 1.54) is 12.8 Å². The van der Waals surface area contributed by atoms with Crippen LogP contribution in [0, 0.1) is 0 Å². The molecular weight excluding hydrogens is 338 g/mol. The predicted molar refractivity (Wildman–Crippen MR) is 99.3 cm³/mol. The largest absolute Gasteiger partial charge is 0.357 e. The van der Waals surface area contributed by atoms with Crippen molar-refractivity contribution in [3.8, 4) is 0 Å². The molecule has 2 heterocycles. The second kappa shape index (κ2) is 8.12. The molecule has 0 atom stereocenters. The summed E-state index contributed by atoms with van der Waals surface area (Å²) in [7, 11) is 0. The highest BCUT2D eigenvalue weighted by molar-refractivity contribution is 6.30. The Balaban J connectivity index is 1.48. The second-order valence-electron chi connectivity index (χ2n) is 6.08. The Morgan fingerprint density at radius 2 is 1.76 bits per heavy atom. The van der Waals surface area contributed by atoms with E-state index in [-0.39, 0.29) is 24.5 Å². The van der Waals surface area contributed by atoms with Crippen molar-refractivity contribution >= 4 is 34.8 Å². The molecule has 0 radical (unpaired) electrons. The third kappa shape index (κ3) is 4.79. The van der Waals surface area contributed by atoms with Crippen LogP contribution in [-0.2, 0) is 4.79 Å². The van der Waals surface area contributed by atoms with Crippen molar-refractivity contribution in [3.63, 3.8) is 0 Å². The summed E-state index contributed by atoms with van der Waals surface area (Å²) in [5.41, 5.74) is 1.21. The van der Waals surface area contributed by atoms with Crippen LogP contribution < -0.4 is 10.2 Å². The van der Waals surface area contributed by atoms with Gasteiger partial charge in [-0.3, -0.25) is 9.59 Å². The number of pyridine rings is 1. The standard InChI is InChI=1S/C19H20ClN3O2/c20-15-5-3-14(4-6-15)17(24)8-10-19(25)22-16-7-9-18(21-13-16)23-11-1-2-12-23/h3-7,9,13H,1-2,8,10-12H2,(H,22,25). The zero-order valence-corrected chi connectivity index (χ0v) is 14.6. The lowest BCUT2D eigenvalue weighted by Gasteiger charge is -2.16. The zero-order valence-electron chi connectivity index (χ0n) is 13.9. The minimum Gasteiger partial charge on any atom is -0.357 e. The van der Waals surface area contributed by atoms with Crippen LogP contribution >= 0.6 is 11.6 Å². The van der Waals surface area contributed by atoms with E-state index in [9.17, 15) is 9.59 Å². The van der Waals surface area contributed by atoms with Gasteiger partial charge in [0.05, 0.1) is 11.9 Å². The van der Waals surface area contributed by atoms with Gasteiger partial charge in [-0.1, -0.05) is 11.6 Å². The van der Waals surface area contributed by atoms with E-state index in [1.807, 2.05) is 12.1 Å². The van der Waals surface area contributed by atoms with Crippen LogP contribution in [-0.4, -0.2) is 29.8 Å². The summed E-state index contributed by atoms with van der Waals surface area (Å²) in [4.78, 5) is 30.7. The van der Waals surface area contributed by atoms with Gasteiger partial charge in [0, 0.05) is 36.5 Å². The highest BCUT2D eigenvalue weighted by atomic mass is 35.5. The van der Waals surface area contributed by atoms with Gasteiger partial charge in [-0.15, -0.1) is 0 Å². The van der Waals surface area contributed by atoms with Crippen molar-refractivity contribution in [2.45, 2.75) is 25.7 Å². The van der Waals surface area contributed by atoms with Crippen LogP contribution in [0.25, 0.3) is 0 Å². The van der Waals surface area contributed by atoms with Crippen molar-refractivity contribution in [2.75, 3.05) is 23.3 Å². The Morgan fingerprint density at radius 3 is 2.40 bits per heavy atom. The summed E-state index contributed by atoms with van der Waals surface area (Å²) in [6, 6.07) is 10.4. The fraction of sp³-hybridized carbons (Fsp3) is 0.316. The van der Waals surface area contributed by atoms with E-state index in [4.69, 9.17) is 11.6 Å². The van der Waals surface area contributed by atoms with Gasteiger partial charge in [-0.05, 0) is 49.2 Å². The molecule has 25 heavy (non-hydrogen) atoms. The molecule has 0 aliphatic carbocycles. The molecule has 1 aromatic heterocycles. The van der Waals surface area contributed by atoms with E-state index < -0.39 is 0 Å². The molecule has 6 heteroatoms. The monoisotopic (exact) mass is 357 g/mol. The van der Waals surface area contributed by atoms with Gasteiger partial charge < -0.3 is 10.2 Å². The summed E-state index contributed by atoms with van der Waals surface area (Å²) in [6.07, 6.45) is 4.35. The molecule has 5 nitrogen and oxygen atoms in total. The molecule has 3 rings (SSSR count). The number of amides is 1. The lowest BCUT2D eigenvalue weighted by molar-refractivity contribution is -0.116. The fourth-order valence-electron chi connectivity index (χ4n) is 2.82. The number of rotatable bonds is 6. The number of hydrogen-bond donors (Lipinski definition) is 1. The van der Waals surface area contributed by atoms with Crippen LogP contribution in [0.3, 0.4) is 0 Å². The average molecular weight is 358 g/mol. The van der Waals surface area contributed by atoms with Crippen molar-refractivity contribution < 1.29 is 9.59 Å². The van der Waals surface area contributed by atoms with E-state index >= 15 is 0 Å². The maximum absolute atomic E-state index is 12.1. The Bertz CT molecular complexity index is 738. The number of halogens is 1. The molecular formula is C19H20ClN3O2. The van der Waals surface area contributed by atoms with Crippen molar-refractivity contribution in [1.82, 2.24) is 4.98 Å². The third-order valence-electron chi connectivity index (χ3n) is 4.21. The molecule has 130 valence electrons. The first-order valence-corrected chi connectivity index (χ1v) is 8.79. The smallest absolute Gasteiger partial charge is 0.224 e. The summed E-state index contributed by atoms with van der Waals surface area (Å²) in [5, 5.41) is 3.36. The van der Waals surface area contributed by atoms with Gasteiger partial charge in [-0.2, -0.15) is 0 Å². The first kappa shape index (κ1) is 17.4. The number of nitrogens with zero attached hydrogens (tertiary/aromatic N) is 2. The Morgan fingerprint density at radius 1 is 1.04 bits per heavy atom. The molecule has 2 aromatic rings. The number of Topliss-reactive ketones (excluding diaryl/α,β-unsaturated/α-hetero) is 1. The predicted octanol–water partition coefficient (Wildman–Crippen LogP) is 3.94. The first-order valence-electron chi connectivity index (χ1n) is 8.41. The highest BCUT2D eigenvalue weighted by Gasteiger charge is 2.14. The Hall–Kier alpha value is -2.40. The topological polar surface area (TPSA) is 62.3 Å². The Labute approximate surface area is 152 Å². The first-order chi connectivity index (χ1) is 12.1. The molecule has 0 bridgehead atoms. The molecule has 0 unspecified atom stereocenters. The molecule has 0 saturated carbocycles. The maximum Gasteiger partial charge on any atom is 0.224 e. The molecule has 1 saturated heterocycles. The van der Waals surface area contributed by atoms with Crippen molar-refractivity contribution in [3.05, 3.63) is 53.2 Å². The molecule has 1 amide bonds. The second-order valence-corrected chi connectivity index (χ2v) is 6.51. The fourth-order valence-corrected chi connectivity index (χ4v) is 2.95. The number of carbonyl (C=O) groups is 2. The summed E-state index contributed by atoms with van der Waals surface area (Å²) in [5.74, 6) is 0.667. The minimum atomic E-state index is -0.196. The van der Waals surface area contributed by atoms with Crippen LogP contribution in [0.5, 0.6) is 0 Å². The van der Waals surface area contributed by atoms with E-state index in [1.54, 1.807) is 30.5 Å². The molecule has 0 spiro atoms. The van der Waals surface area contributed by atoms with Gasteiger partial charge in [0.1, 0.15) is 5.82 Å². The molecule has 1 aliphatic rings. The lowest BCUT2D eigenvalue weighted by Crippen LogP contribution is -2.19. The van der Waals surface area contributed by atoms with Gasteiger partial charge in [0.25, 0.3) is 0 Å². The lowest BCUT2D eigenvalue weighted by atomic mass is 10.1. The SMILES string of the molecule is O=C(CCC(=O)c1ccc(Cl)cc1)Nc1ccc(N2CCCC2)nc1. The molecule has 1 N–H and O–H groups in total. The molecule has 1 aliphatic heterocycles. The zero-order chi connectivity index (χ0) is 17.6. The summed E-state index contributed by atoms with van der Waals surface area (Å²) < 4.78 is 0. The normalized spacial score (nSPS) is 13.7. The number of carbonyl (C=O) groups excluding carboxylic acids is 2. The number of aromatic nitrogens is 1. The number of anilines is 2. The highest BCUT2D eigenvalue weighted by Crippen LogP contribution is 2.19. The van der Waals surface area contributed by atoms with Crippen LogP contribution in [0.1, 0.15) is 36.0 Å². The molecule has 1 fully saturated rings. The number of ketones is 1. The van der Waals surface area contributed by atoms with Crippen molar-refractivity contribution in [1.29, 1.82) is 0 Å². The average Bonchev–Trinajstić information content (AvgIpc) is 3.15. The van der Waals surface area contributed by atoms with Crippen LogP contribution in [0.15, 0.2) is 42.6 Å². The van der Waals surface area contributed by atoms with E-state index in [0.717, 1.165) is 18.9 Å². The summed E-state index contributed by atoms with van der Waals surface area (Å²) >= 11 is 5.80. The number of nitrogens with one attached hydrogen (secondary N) is 1. The summed E-state index contributed by atoms with van der Waals surface area (Å²) in [6.45, 7) is 2.07. The number of hydrogen-bond acceptors (Lipinski definition) is 4. The van der Waals surface area contributed by atoms with Crippen LogP contribution in [0.4, 0.5) is 11.5 Å². The maximum atomic E-state index is 12.1. The number of benzene rings is 1. The van der Waals surface area contributed by atoms with Gasteiger partial charge in [-0.25, -0.2) is 4.98 Å². The molecule has 1 aromatic carbocycles. The Kier molecular flexibility index (Phi) is 5.66. The van der Waals surface area contributed by atoms with Crippen molar-refractivity contribution in [2.24, 2.45) is 0 Å². The van der Waals surface area contributed by atoms with E-state index in [2.05, 4.69) is 15.2 Å².